The maximum absolute atomic E-state index is 13.4. The minimum absolute atomic E-state index is 0.0105. The Kier molecular flexibility index (Phi) is 9.83. The number of hydrogen-bond donors (Lipinski definition) is 1. The predicted molar refractivity (Wildman–Crippen MR) is 152 cm³/mol. The van der Waals surface area contributed by atoms with Gasteiger partial charge in [-0.15, -0.1) is 0 Å². The Morgan fingerprint density at radius 3 is 2.54 bits per heavy atom. The quantitative estimate of drug-likeness (QED) is 0.242. The molecule has 0 unspecified atom stereocenters. The number of nitrogens with one attached hydrogen (secondary N) is 1. The van der Waals surface area contributed by atoms with Crippen molar-refractivity contribution in [1.29, 1.82) is 0 Å². The van der Waals surface area contributed by atoms with Crippen molar-refractivity contribution < 1.29 is 22.7 Å². The van der Waals surface area contributed by atoms with Crippen LogP contribution in [0.5, 0.6) is 5.88 Å². The molecule has 2 aromatic heterocycles. The number of ether oxygens (including phenoxy) is 2. The highest BCUT2D eigenvalue weighted by Crippen LogP contribution is 2.27. The van der Waals surface area contributed by atoms with Crippen LogP contribution in [0, 0.1) is 0 Å². The summed E-state index contributed by atoms with van der Waals surface area (Å²) in [6.07, 6.45) is 2.41. The molecule has 0 saturated carbocycles. The summed E-state index contributed by atoms with van der Waals surface area (Å²) in [6, 6.07) is 9.84. The van der Waals surface area contributed by atoms with E-state index in [2.05, 4.69) is 20.4 Å². The Morgan fingerprint density at radius 2 is 1.85 bits per heavy atom. The van der Waals surface area contributed by atoms with Crippen molar-refractivity contribution in [2.75, 3.05) is 65.1 Å². The van der Waals surface area contributed by atoms with Gasteiger partial charge in [0.2, 0.25) is 5.88 Å². The van der Waals surface area contributed by atoms with Crippen molar-refractivity contribution in [3.8, 4) is 5.88 Å². The second-order valence-corrected chi connectivity index (χ2v) is 12.5. The fourth-order valence-corrected chi connectivity index (χ4v) is 6.04. The summed E-state index contributed by atoms with van der Waals surface area (Å²) in [5.41, 5.74) is 1.36. The highest BCUT2D eigenvalue weighted by Gasteiger charge is 2.21. The first-order valence-corrected chi connectivity index (χ1v) is 15.2. The molecule has 1 aromatic carbocycles. The summed E-state index contributed by atoms with van der Waals surface area (Å²) in [7, 11) is 2.03. The molecular formula is C26H34N6O5S2. The third-order valence-electron chi connectivity index (χ3n) is 6.03. The average Bonchev–Trinajstić information content (AvgIpc) is 3.56. The van der Waals surface area contributed by atoms with E-state index in [0.717, 1.165) is 32.5 Å². The number of carbonyl (C=O) groups is 1. The van der Waals surface area contributed by atoms with Crippen LogP contribution in [0.25, 0.3) is 10.3 Å². The molecule has 13 heteroatoms. The first-order valence-electron chi connectivity index (χ1n) is 12.8. The SMILES string of the molecule is COCCCS(=O)(=O)c1ccc(/C(=N\N2CCCC2)C(=O)Nc2nc3ccc(OCCN(C)C)nc3s2)cc1. The molecule has 0 atom stereocenters. The molecule has 210 valence electrons. The molecule has 1 aliphatic heterocycles. The van der Waals surface area contributed by atoms with Gasteiger partial charge in [-0.05, 0) is 51.6 Å². The van der Waals surface area contributed by atoms with Crippen LogP contribution >= 0.6 is 11.3 Å². The molecule has 1 amide bonds. The van der Waals surface area contributed by atoms with Crippen molar-refractivity contribution in [1.82, 2.24) is 19.9 Å². The standard InChI is InChI=1S/C26H34N6O5S2/c1-31(2)15-17-37-22-12-11-21-25(28-22)38-26(27-21)29-24(33)23(30-32-13-4-5-14-32)19-7-9-20(10-8-19)39(34,35)18-6-16-36-3/h7-12H,4-6,13-18H2,1-3H3,(H,27,29,33)/b30-23+. The first kappa shape index (κ1) is 28.9. The largest absolute Gasteiger partial charge is 0.476 e. The zero-order valence-electron chi connectivity index (χ0n) is 22.4. The second-order valence-electron chi connectivity index (χ2n) is 9.40. The highest BCUT2D eigenvalue weighted by atomic mass is 32.2. The van der Waals surface area contributed by atoms with Gasteiger partial charge in [-0.25, -0.2) is 18.4 Å². The summed E-state index contributed by atoms with van der Waals surface area (Å²) in [6.45, 7) is 3.16. The number of nitrogens with zero attached hydrogens (tertiary/aromatic N) is 5. The van der Waals surface area contributed by atoms with Crippen molar-refractivity contribution in [3.63, 3.8) is 0 Å². The molecule has 0 bridgehead atoms. The van der Waals surface area contributed by atoms with Gasteiger partial charge < -0.3 is 14.4 Å². The smallest absolute Gasteiger partial charge is 0.278 e. The topological polar surface area (TPSA) is 126 Å². The molecule has 4 rings (SSSR count). The molecule has 0 radical (unpaired) electrons. The zero-order chi connectivity index (χ0) is 27.8. The van der Waals surface area contributed by atoms with Gasteiger partial charge in [-0.3, -0.25) is 15.1 Å². The minimum Gasteiger partial charge on any atom is -0.476 e. The van der Waals surface area contributed by atoms with Gasteiger partial charge in [0.05, 0.1) is 10.6 Å². The van der Waals surface area contributed by atoms with Gasteiger partial charge in [0.1, 0.15) is 17.0 Å². The van der Waals surface area contributed by atoms with Crippen LogP contribution in [0.2, 0.25) is 0 Å². The van der Waals surface area contributed by atoms with E-state index < -0.39 is 15.7 Å². The van der Waals surface area contributed by atoms with E-state index in [0.29, 0.717) is 46.6 Å². The number of benzene rings is 1. The van der Waals surface area contributed by atoms with Crippen LogP contribution in [-0.4, -0.2) is 99.7 Å². The van der Waals surface area contributed by atoms with E-state index in [1.165, 1.54) is 30.6 Å². The van der Waals surface area contributed by atoms with Gasteiger partial charge in [0, 0.05) is 45.0 Å². The lowest BCUT2D eigenvalue weighted by molar-refractivity contribution is -0.110. The Balaban J connectivity index is 1.52. The molecule has 39 heavy (non-hydrogen) atoms. The summed E-state index contributed by atoms with van der Waals surface area (Å²) in [5, 5.41) is 9.72. The van der Waals surface area contributed by atoms with Crippen LogP contribution in [0.15, 0.2) is 46.4 Å². The van der Waals surface area contributed by atoms with Gasteiger partial charge in [0.15, 0.2) is 20.7 Å². The molecule has 1 aliphatic rings. The Bertz CT molecular complexity index is 1400. The number of sulfone groups is 1. The second kappa shape index (κ2) is 13.3. The normalized spacial score (nSPS) is 14.4. The molecule has 3 heterocycles. The summed E-state index contributed by atoms with van der Waals surface area (Å²) in [5.74, 6) is 0.0576. The molecule has 1 saturated heterocycles. The van der Waals surface area contributed by atoms with Crippen LogP contribution in [0.3, 0.4) is 0 Å². The van der Waals surface area contributed by atoms with Crippen LogP contribution in [0.4, 0.5) is 5.13 Å². The third kappa shape index (κ3) is 7.94. The number of likely N-dealkylation sites (N-methyl/N-ethyl adjacent to an activating group) is 1. The van der Waals surface area contributed by atoms with Crippen molar-refractivity contribution in [2.24, 2.45) is 5.10 Å². The summed E-state index contributed by atoms with van der Waals surface area (Å²) >= 11 is 1.25. The number of aromatic nitrogens is 2. The molecule has 0 spiro atoms. The van der Waals surface area contributed by atoms with E-state index >= 15 is 0 Å². The number of rotatable bonds is 13. The molecule has 11 nitrogen and oxygen atoms in total. The monoisotopic (exact) mass is 574 g/mol. The maximum atomic E-state index is 13.4. The van der Waals surface area contributed by atoms with Crippen molar-refractivity contribution in [3.05, 3.63) is 42.0 Å². The Morgan fingerprint density at radius 1 is 1.10 bits per heavy atom. The zero-order valence-corrected chi connectivity index (χ0v) is 24.1. The number of methoxy groups -OCH3 is 1. The summed E-state index contributed by atoms with van der Waals surface area (Å²) in [4.78, 5) is 25.3. The average molecular weight is 575 g/mol. The fourth-order valence-electron chi connectivity index (χ4n) is 3.93. The number of fused-ring (bicyclic) bond motifs is 1. The maximum Gasteiger partial charge on any atom is 0.278 e. The van der Waals surface area contributed by atoms with E-state index in [1.54, 1.807) is 18.2 Å². The third-order valence-corrected chi connectivity index (χ3v) is 8.72. The van der Waals surface area contributed by atoms with E-state index in [-0.39, 0.29) is 16.4 Å². The van der Waals surface area contributed by atoms with E-state index in [4.69, 9.17) is 9.47 Å². The van der Waals surface area contributed by atoms with Gasteiger partial charge >= 0.3 is 0 Å². The van der Waals surface area contributed by atoms with E-state index in [9.17, 15) is 13.2 Å². The number of carbonyl (C=O) groups excluding carboxylic acids is 1. The lowest BCUT2D eigenvalue weighted by Gasteiger charge is -2.14. The van der Waals surface area contributed by atoms with Gasteiger partial charge in [-0.2, -0.15) is 5.10 Å². The predicted octanol–water partition coefficient (Wildman–Crippen LogP) is 2.88. The minimum atomic E-state index is -3.45. The lowest BCUT2D eigenvalue weighted by Crippen LogP contribution is -2.27. The number of hydrogen-bond acceptors (Lipinski definition) is 11. The Labute approximate surface area is 232 Å². The van der Waals surface area contributed by atoms with Crippen molar-refractivity contribution >= 4 is 48.3 Å². The van der Waals surface area contributed by atoms with Gasteiger partial charge in [0.25, 0.3) is 5.91 Å². The number of thiazole rings is 1. The number of hydrazone groups is 1. The van der Waals surface area contributed by atoms with Crippen molar-refractivity contribution in [2.45, 2.75) is 24.2 Å². The Hall–Kier alpha value is -3.13. The van der Waals surface area contributed by atoms with Gasteiger partial charge in [-0.1, -0.05) is 23.5 Å². The molecule has 1 fully saturated rings. The van der Waals surface area contributed by atoms with Crippen LogP contribution < -0.4 is 10.1 Å². The molecule has 3 aromatic rings. The highest BCUT2D eigenvalue weighted by molar-refractivity contribution is 7.91. The number of anilines is 1. The van der Waals surface area contributed by atoms with E-state index in [1.807, 2.05) is 30.1 Å². The van der Waals surface area contributed by atoms with Crippen LogP contribution in [-0.2, 0) is 19.4 Å². The fraction of sp³-hybridized carbons (Fsp3) is 0.462. The summed E-state index contributed by atoms with van der Waals surface area (Å²) < 4.78 is 36.0. The molecular weight excluding hydrogens is 540 g/mol. The first-order chi connectivity index (χ1) is 18.7. The molecule has 1 N–H and O–H groups in total. The lowest BCUT2D eigenvalue weighted by atomic mass is 10.1. The molecule has 0 aliphatic carbocycles. The number of amides is 1. The number of pyridine rings is 1. The van der Waals surface area contributed by atoms with Crippen LogP contribution in [0.1, 0.15) is 24.8 Å².